The number of carbonyl (C=O) groups is 2. The van der Waals surface area contributed by atoms with E-state index in [1.807, 2.05) is 6.92 Å². The second-order valence-corrected chi connectivity index (χ2v) is 5.97. The zero-order valence-electron chi connectivity index (χ0n) is 12.7. The van der Waals surface area contributed by atoms with Crippen LogP contribution in [0.1, 0.15) is 33.6 Å². The van der Waals surface area contributed by atoms with E-state index in [4.69, 9.17) is 4.74 Å². The first-order valence-electron chi connectivity index (χ1n) is 7.01. The predicted octanol–water partition coefficient (Wildman–Crippen LogP) is 3.75. The van der Waals surface area contributed by atoms with Crippen LogP contribution in [0, 0.1) is 11.6 Å². The average molecular weight is 331 g/mol. The molecule has 0 aromatic heterocycles. The number of rotatable bonds is 7. The average Bonchev–Trinajstić information content (AvgIpc) is 2.49. The molecule has 0 spiro atoms. The lowest BCUT2D eigenvalue weighted by Gasteiger charge is -2.13. The van der Waals surface area contributed by atoms with Gasteiger partial charge >= 0.3 is 5.97 Å². The summed E-state index contributed by atoms with van der Waals surface area (Å²) in [6.07, 6.45) is 0.875. The molecule has 0 aliphatic heterocycles. The van der Waals surface area contributed by atoms with Gasteiger partial charge in [0.05, 0.1) is 12.3 Å². The Labute approximate surface area is 132 Å². The Morgan fingerprint density at radius 2 is 1.95 bits per heavy atom. The van der Waals surface area contributed by atoms with Crippen LogP contribution >= 0.6 is 11.8 Å². The van der Waals surface area contributed by atoms with E-state index in [2.05, 4.69) is 5.32 Å². The molecule has 0 aliphatic carbocycles. The van der Waals surface area contributed by atoms with Crippen LogP contribution in [-0.4, -0.2) is 23.7 Å². The molecule has 1 aromatic rings. The van der Waals surface area contributed by atoms with E-state index in [9.17, 15) is 18.4 Å². The number of hydrogen-bond donors (Lipinski definition) is 1. The first-order valence-corrected chi connectivity index (χ1v) is 7.89. The number of hydrogen-bond acceptors (Lipinski definition) is 4. The van der Waals surface area contributed by atoms with Gasteiger partial charge in [-0.15, -0.1) is 11.8 Å². The third kappa shape index (κ3) is 5.29. The maximum absolute atomic E-state index is 13.8. The van der Waals surface area contributed by atoms with Gasteiger partial charge in [0.25, 0.3) is 0 Å². The number of thioether (sulfide) groups is 1. The van der Waals surface area contributed by atoms with E-state index in [1.54, 1.807) is 13.8 Å². The van der Waals surface area contributed by atoms with Crippen LogP contribution < -0.4 is 5.32 Å². The summed E-state index contributed by atoms with van der Waals surface area (Å²) >= 11 is 0.919. The summed E-state index contributed by atoms with van der Waals surface area (Å²) < 4.78 is 32.4. The van der Waals surface area contributed by atoms with Crippen LogP contribution in [-0.2, 0) is 14.3 Å². The molecule has 1 amide bonds. The molecule has 1 atom stereocenters. The van der Waals surface area contributed by atoms with Gasteiger partial charge < -0.3 is 10.1 Å². The monoisotopic (exact) mass is 331 g/mol. The van der Waals surface area contributed by atoms with Gasteiger partial charge in [-0.25, -0.2) is 8.78 Å². The van der Waals surface area contributed by atoms with Crippen LogP contribution in [0.5, 0.6) is 0 Å². The Balaban J connectivity index is 2.87. The Kier molecular flexibility index (Phi) is 7.31. The van der Waals surface area contributed by atoms with E-state index in [0.29, 0.717) is 19.1 Å². The fourth-order valence-corrected chi connectivity index (χ4v) is 2.41. The molecule has 0 aliphatic rings. The number of amides is 1. The van der Waals surface area contributed by atoms with Gasteiger partial charge in [0.1, 0.15) is 16.9 Å². The highest BCUT2D eigenvalue weighted by Gasteiger charge is 2.19. The standard InChI is InChI=1S/C15H19F2NO3S/c1-4-6-21-15(20)9(3)22-13-8-12(18-14(19)5-2)10(16)7-11(13)17/h7-9H,4-6H2,1-3H3,(H,18,19). The molecule has 0 saturated carbocycles. The molecule has 1 unspecified atom stereocenters. The molecule has 0 radical (unpaired) electrons. The highest BCUT2D eigenvalue weighted by atomic mass is 32.2. The van der Waals surface area contributed by atoms with Crippen LogP contribution in [0.4, 0.5) is 14.5 Å². The Hall–Kier alpha value is -1.63. The molecular formula is C15H19F2NO3S. The summed E-state index contributed by atoms with van der Waals surface area (Å²) in [7, 11) is 0. The van der Waals surface area contributed by atoms with Crippen LogP contribution in [0.15, 0.2) is 17.0 Å². The zero-order valence-corrected chi connectivity index (χ0v) is 13.6. The number of benzene rings is 1. The first-order chi connectivity index (χ1) is 10.4. The van der Waals surface area contributed by atoms with Crippen molar-refractivity contribution in [3.05, 3.63) is 23.8 Å². The third-order valence-electron chi connectivity index (χ3n) is 2.70. The molecule has 1 rings (SSSR count). The molecule has 0 bridgehead atoms. The van der Waals surface area contributed by atoms with Gasteiger partial charge in [-0.3, -0.25) is 9.59 Å². The van der Waals surface area contributed by atoms with Crippen molar-refractivity contribution < 1.29 is 23.1 Å². The van der Waals surface area contributed by atoms with Crippen molar-refractivity contribution >= 4 is 29.3 Å². The summed E-state index contributed by atoms with van der Waals surface area (Å²) in [5.41, 5.74) is -0.107. The fraction of sp³-hybridized carbons (Fsp3) is 0.467. The zero-order chi connectivity index (χ0) is 16.7. The van der Waals surface area contributed by atoms with Crippen molar-refractivity contribution in [1.29, 1.82) is 0 Å². The predicted molar refractivity (Wildman–Crippen MR) is 81.8 cm³/mol. The third-order valence-corrected chi connectivity index (χ3v) is 3.81. The van der Waals surface area contributed by atoms with Crippen LogP contribution in [0.25, 0.3) is 0 Å². The molecule has 1 aromatic carbocycles. The topological polar surface area (TPSA) is 55.4 Å². The summed E-state index contributed by atoms with van der Waals surface area (Å²) in [6.45, 7) is 5.37. The normalized spacial score (nSPS) is 11.9. The summed E-state index contributed by atoms with van der Waals surface area (Å²) in [4.78, 5) is 23.1. The van der Waals surface area contributed by atoms with Gasteiger partial charge in [0, 0.05) is 17.4 Å². The molecule has 4 nitrogen and oxygen atoms in total. The van der Waals surface area contributed by atoms with E-state index < -0.39 is 22.9 Å². The number of nitrogens with one attached hydrogen (secondary N) is 1. The van der Waals surface area contributed by atoms with Crippen molar-refractivity contribution in [3.8, 4) is 0 Å². The van der Waals surface area contributed by atoms with Crippen molar-refractivity contribution in [2.45, 2.75) is 43.8 Å². The molecule has 122 valence electrons. The summed E-state index contributed by atoms with van der Waals surface area (Å²) in [6, 6.07) is 1.88. The number of anilines is 1. The van der Waals surface area contributed by atoms with Gasteiger partial charge in [0.15, 0.2) is 0 Å². The van der Waals surface area contributed by atoms with Gasteiger partial charge in [0.2, 0.25) is 5.91 Å². The Morgan fingerprint density at radius 3 is 2.55 bits per heavy atom. The minimum Gasteiger partial charge on any atom is -0.465 e. The first kappa shape index (κ1) is 18.4. The second-order valence-electron chi connectivity index (χ2n) is 4.59. The fourth-order valence-electron chi connectivity index (χ4n) is 1.51. The van der Waals surface area contributed by atoms with E-state index in [-0.39, 0.29) is 22.9 Å². The molecular weight excluding hydrogens is 312 g/mol. The molecule has 0 heterocycles. The van der Waals surface area contributed by atoms with Crippen molar-refractivity contribution in [2.75, 3.05) is 11.9 Å². The lowest BCUT2D eigenvalue weighted by molar-refractivity contribution is -0.142. The van der Waals surface area contributed by atoms with E-state index in [0.717, 1.165) is 11.8 Å². The quantitative estimate of drug-likeness (QED) is 0.611. The van der Waals surface area contributed by atoms with E-state index >= 15 is 0 Å². The van der Waals surface area contributed by atoms with Gasteiger partial charge in [-0.2, -0.15) is 0 Å². The van der Waals surface area contributed by atoms with Crippen LogP contribution in [0.3, 0.4) is 0 Å². The number of halogens is 2. The highest BCUT2D eigenvalue weighted by molar-refractivity contribution is 8.00. The molecule has 22 heavy (non-hydrogen) atoms. The molecule has 0 fully saturated rings. The highest BCUT2D eigenvalue weighted by Crippen LogP contribution is 2.31. The minimum absolute atomic E-state index is 0.0775. The second kappa shape index (κ2) is 8.73. The lowest BCUT2D eigenvalue weighted by Crippen LogP contribution is -2.17. The number of ether oxygens (including phenoxy) is 1. The molecule has 1 N–H and O–H groups in total. The lowest BCUT2D eigenvalue weighted by atomic mass is 10.3. The Morgan fingerprint density at radius 1 is 1.27 bits per heavy atom. The maximum atomic E-state index is 13.8. The SMILES string of the molecule is CCCOC(=O)C(C)Sc1cc(NC(=O)CC)c(F)cc1F. The minimum atomic E-state index is -0.857. The van der Waals surface area contributed by atoms with Gasteiger partial charge in [-0.05, 0) is 19.4 Å². The smallest absolute Gasteiger partial charge is 0.319 e. The van der Waals surface area contributed by atoms with E-state index in [1.165, 1.54) is 6.07 Å². The summed E-state index contributed by atoms with van der Waals surface area (Å²) in [5, 5.41) is 1.72. The maximum Gasteiger partial charge on any atom is 0.319 e. The van der Waals surface area contributed by atoms with Crippen molar-refractivity contribution in [2.24, 2.45) is 0 Å². The molecule has 0 saturated heterocycles. The van der Waals surface area contributed by atoms with Crippen LogP contribution in [0.2, 0.25) is 0 Å². The molecule has 7 heteroatoms. The van der Waals surface area contributed by atoms with Crippen molar-refractivity contribution in [1.82, 2.24) is 0 Å². The summed E-state index contributed by atoms with van der Waals surface area (Å²) in [5.74, 6) is -2.48. The number of esters is 1. The number of carbonyl (C=O) groups excluding carboxylic acids is 2. The van der Waals surface area contributed by atoms with Crippen molar-refractivity contribution in [3.63, 3.8) is 0 Å². The van der Waals surface area contributed by atoms with Gasteiger partial charge in [-0.1, -0.05) is 13.8 Å². The Bertz CT molecular complexity index is 552. The largest absolute Gasteiger partial charge is 0.465 e.